The van der Waals surface area contributed by atoms with Crippen molar-refractivity contribution in [1.82, 2.24) is 9.38 Å². The smallest absolute Gasteiger partial charge is 0.356 e. The molecule has 96 valence electrons. The summed E-state index contributed by atoms with van der Waals surface area (Å²) in [7, 11) is -0.781. The summed E-state index contributed by atoms with van der Waals surface area (Å²) in [5.41, 5.74) is 0.193. The molecule has 0 spiro atoms. The molecule has 1 aliphatic rings. The van der Waals surface area contributed by atoms with Crippen LogP contribution in [0.1, 0.15) is 10.5 Å². The van der Waals surface area contributed by atoms with Crippen LogP contribution in [-0.4, -0.2) is 49.3 Å². The highest BCUT2D eigenvalue weighted by Gasteiger charge is 2.26. The van der Waals surface area contributed by atoms with Gasteiger partial charge in [-0.15, -0.1) is 11.3 Å². The summed E-state index contributed by atoms with van der Waals surface area (Å²) >= 11 is 1.41. The van der Waals surface area contributed by atoms with Crippen LogP contribution in [0.25, 0.3) is 4.96 Å². The molecular weight excluding hydrogens is 274 g/mol. The molecule has 0 saturated carbocycles. The fourth-order valence-corrected chi connectivity index (χ4v) is 3.80. The minimum absolute atomic E-state index is 0.193. The van der Waals surface area contributed by atoms with Crippen LogP contribution in [0, 0.1) is 0 Å². The van der Waals surface area contributed by atoms with Crippen LogP contribution < -0.4 is 4.90 Å². The second-order valence-corrected chi connectivity index (χ2v) is 6.55. The normalized spacial score (nSPS) is 17.4. The molecule has 0 bridgehead atoms. The zero-order valence-corrected chi connectivity index (χ0v) is 11.0. The molecule has 1 aliphatic heterocycles. The van der Waals surface area contributed by atoms with Crippen LogP contribution in [0.2, 0.25) is 0 Å². The first-order valence-electron chi connectivity index (χ1n) is 5.45. The Kier molecular flexibility index (Phi) is 2.83. The summed E-state index contributed by atoms with van der Waals surface area (Å²) in [5.74, 6) is 0.655. The zero-order chi connectivity index (χ0) is 12.7. The van der Waals surface area contributed by atoms with Gasteiger partial charge in [0.15, 0.2) is 16.5 Å². The molecule has 0 unspecified atom stereocenters. The monoisotopic (exact) mass is 285 g/mol. The molecule has 1 N–H and O–H groups in total. The molecule has 3 heterocycles. The summed E-state index contributed by atoms with van der Waals surface area (Å²) < 4.78 is 12.9. The fraction of sp³-hybridized carbons (Fsp3) is 0.400. The lowest BCUT2D eigenvalue weighted by atomic mass is 10.3. The van der Waals surface area contributed by atoms with E-state index in [-0.39, 0.29) is 5.69 Å². The van der Waals surface area contributed by atoms with Crippen molar-refractivity contribution in [2.45, 2.75) is 0 Å². The van der Waals surface area contributed by atoms with Crippen LogP contribution in [0.4, 0.5) is 5.82 Å². The molecule has 1 fully saturated rings. The fourth-order valence-electron chi connectivity index (χ4n) is 2.04. The second kappa shape index (κ2) is 4.36. The van der Waals surface area contributed by atoms with Crippen LogP contribution >= 0.6 is 11.3 Å². The SMILES string of the molecule is O=C(O)c1c(N2CCS(=O)CC2)nc2sccn12. The van der Waals surface area contributed by atoms with E-state index in [1.807, 2.05) is 10.3 Å². The third-order valence-corrected chi connectivity index (χ3v) is 4.96. The number of hydrogen-bond acceptors (Lipinski definition) is 5. The molecule has 6 nitrogen and oxygen atoms in total. The second-order valence-electron chi connectivity index (χ2n) is 3.98. The third kappa shape index (κ3) is 1.81. The molecule has 3 rings (SSSR count). The molecule has 0 radical (unpaired) electrons. The number of hydrogen-bond donors (Lipinski definition) is 1. The van der Waals surface area contributed by atoms with E-state index in [0.29, 0.717) is 35.4 Å². The lowest BCUT2D eigenvalue weighted by Crippen LogP contribution is -2.38. The summed E-state index contributed by atoms with van der Waals surface area (Å²) in [6.07, 6.45) is 1.71. The Morgan fingerprint density at radius 2 is 2.17 bits per heavy atom. The number of aromatic carboxylic acids is 1. The van der Waals surface area contributed by atoms with Crippen LogP contribution in [0.15, 0.2) is 11.6 Å². The largest absolute Gasteiger partial charge is 0.476 e. The standard InChI is InChI=1S/C10H11N3O3S2/c14-9(15)7-8(11-10-13(7)1-4-17-10)12-2-5-18(16)6-3-12/h1,4H,2-3,5-6H2,(H,14,15). The van der Waals surface area contributed by atoms with E-state index in [9.17, 15) is 14.1 Å². The summed E-state index contributed by atoms with van der Waals surface area (Å²) in [5, 5.41) is 11.1. The number of fused-ring (bicyclic) bond motifs is 1. The van der Waals surface area contributed by atoms with E-state index in [1.165, 1.54) is 11.3 Å². The summed E-state index contributed by atoms with van der Waals surface area (Å²) in [6, 6.07) is 0. The van der Waals surface area contributed by atoms with Gasteiger partial charge in [0.1, 0.15) is 0 Å². The Bertz CT molecular complexity index is 623. The molecular formula is C10H11N3O3S2. The lowest BCUT2D eigenvalue weighted by molar-refractivity contribution is 0.0690. The van der Waals surface area contributed by atoms with E-state index in [2.05, 4.69) is 4.98 Å². The van der Waals surface area contributed by atoms with Gasteiger partial charge in [0.25, 0.3) is 0 Å². The van der Waals surface area contributed by atoms with E-state index in [0.717, 1.165) is 0 Å². The zero-order valence-electron chi connectivity index (χ0n) is 9.40. The van der Waals surface area contributed by atoms with Crippen molar-refractivity contribution in [1.29, 1.82) is 0 Å². The average molecular weight is 285 g/mol. The maximum Gasteiger partial charge on any atom is 0.356 e. The predicted molar refractivity (Wildman–Crippen MR) is 70.1 cm³/mol. The van der Waals surface area contributed by atoms with Gasteiger partial charge < -0.3 is 10.0 Å². The van der Waals surface area contributed by atoms with Crippen molar-refractivity contribution in [2.75, 3.05) is 29.5 Å². The molecule has 18 heavy (non-hydrogen) atoms. The van der Waals surface area contributed by atoms with Gasteiger partial charge in [-0.3, -0.25) is 8.61 Å². The number of rotatable bonds is 2. The van der Waals surface area contributed by atoms with Gasteiger partial charge in [0.2, 0.25) is 0 Å². The Labute approximate surface area is 109 Å². The highest BCUT2D eigenvalue weighted by atomic mass is 32.2. The Hall–Kier alpha value is -1.41. The van der Waals surface area contributed by atoms with Gasteiger partial charge in [-0.05, 0) is 0 Å². The minimum Gasteiger partial charge on any atom is -0.476 e. The number of carboxylic acid groups (broad SMARTS) is 1. The predicted octanol–water partition coefficient (Wildman–Crippen LogP) is 0.663. The van der Waals surface area contributed by atoms with E-state index in [1.54, 1.807) is 10.6 Å². The molecule has 0 aromatic carbocycles. The van der Waals surface area contributed by atoms with Crippen LogP contribution in [0.3, 0.4) is 0 Å². The van der Waals surface area contributed by atoms with Crippen molar-refractivity contribution in [3.63, 3.8) is 0 Å². The number of carboxylic acids is 1. The van der Waals surface area contributed by atoms with Crippen molar-refractivity contribution in [3.05, 3.63) is 17.3 Å². The van der Waals surface area contributed by atoms with E-state index < -0.39 is 16.8 Å². The average Bonchev–Trinajstić information content (AvgIpc) is 2.88. The summed E-state index contributed by atoms with van der Waals surface area (Å²) in [6.45, 7) is 1.19. The van der Waals surface area contributed by atoms with Gasteiger partial charge in [-0.1, -0.05) is 0 Å². The Morgan fingerprint density at radius 3 is 2.83 bits per heavy atom. The van der Waals surface area contributed by atoms with Crippen LogP contribution in [-0.2, 0) is 10.8 Å². The van der Waals surface area contributed by atoms with Crippen molar-refractivity contribution in [2.24, 2.45) is 0 Å². The highest BCUT2D eigenvalue weighted by molar-refractivity contribution is 7.85. The van der Waals surface area contributed by atoms with Gasteiger partial charge in [-0.25, -0.2) is 9.78 Å². The maximum absolute atomic E-state index is 11.4. The minimum atomic E-state index is -0.984. The molecule has 1 saturated heterocycles. The molecule has 2 aromatic heterocycles. The van der Waals surface area contributed by atoms with E-state index in [4.69, 9.17) is 0 Å². The van der Waals surface area contributed by atoms with E-state index >= 15 is 0 Å². The number of nitrogens with zero attached hydrogens (tertiary/aromatic N) is 3. The third-order valence-electron chi connectivity index (χ3n) is 2.92. The topological polar surface area (TPSA) is 74.9 Å². The van der Waals surface area contributed by atoms with Gasteiger partial charge >= 0.3 is 5.97 Å². The number of carbonyl (C=O) groups is 1. The lowest BCUT2D eigenvalue weighted by Gasteiger charge is -2.26. The molecule has 2 aromatic rings. The molecule has 0 atom stereocenters. The molecule has 0 aliphatic carbocycles. The van der Waals surface area contributed by atoms with Crippen LogP contribution in [0.5, 0.6) is 0 Å². The number of anilines is 1. The maximum atomic E-state index is 11.4. The number of thiazole rings is 1. The van der Waals surface area contributed by atoms with Gasteiger partial charge in [0.05, 0.1) is 0 Å². The van der Waals surface area contributed by atoms with Crippen molar-refractivity contribution < 1.29 is 14.1 Å². The Morgan fingerprint density at radius 1 is 1.44 bits per heavy atom. The Balaban J connectivity index is 2.05. The van der Waals surface area contributed by atoms with Gasteiger partial charge in [0, 0.05) is 47.0 Å². The van der Waals surface area contributed by atoms with Gasteiger partial charge in [-0.2, -0.15) is 0 Å². The molecule has 0 amide bonds. The number of imidazole rings is 1. The summed E-state index contributed by atoms with van der Waals surface area (Å²) in [4.78, 5) is 18.3. The van der Waals surface area contributed by atoms with Crippen molar-refractivity contribution >= 4 is 38.9 Å². The highest BCUT2D eigenvalue weighted by Crippen LogP contribution is 2.25. The number of aromatic nitrogens is 2. The molecule has 8 heteroatoms. The first kappa shape index (κ1) is 11.7. The quantitative estimate of drug-likeness (QED) is 0.877. The first-order valence-corrected chi connectivity index (χ1v) is 7.82. The first-order chi connectivity index (χ1) is 8.66. The van der Waals surface area contributed by atoms with Crippen molar-refractivity contribution in [3.8, 4) is 0 Å².